The van der Waals surface area contributed by atoms with Crippen LogP contribution in [-0.4, -0.2) is 38.9 Å². The molecule has 0 spiro atoms. The van der Waals surface area contributed by atoms with E-state index in [2.05, 4.69) is 20.8 Å². The van der Waals surface area contributed by atoms with Crippen LogP contribution in [0, 0.1) is 6.92 Å². The molecule has 1 atom stereocenters. The number of aryl methyl sites for hydroxylation is 1. The largest absolute Gasteiger partial charge is 0.494 e. The van der Waals surface area contributed by atoms with Crippen molar-refractivity contribution in [1.29, 1.82) is 0 Å². The van der Waals surface area contributed by atoms with Gasteiger partial charge in [0.25, 0.3) is 5.91 Å². The number of carbonyl (C=O) groups is 2. The van der Waals surface area contributed by atoms with Crippen molar-refractivity contribution in [1.82, 2.24) is 20.1 Å². The van der Waals surface area contributed by atoms with E-state index in [4.69, 9.17) is 4.74 Å². The highest BCUT2D eigenvalue weighted by atomic mass is 32.2. The summed E-state index contributed by atoms with van der Waals surface area (Å²) in [4.78, 5) is 24.9. The van der Waals surface area contributed by atoms with E-state index in [1.165, 1.54) is 11.8 Å². The number of amides is 2. The van der Waals surface area contributed by atoms with E-state index in [1.807, 2.05) is 58.2 Å². The summed E-state index contributed by atoms with van der Waals surface area (Å²) in [5, 5.41) is 14.8. The van der Waals surface area contributed by atoms with Crippen LogP contribution in [0.3, 0.4) is 0 Å². The van der Waals surface area contributed by atoms with Gasteiger partial charge in [-0.2, -0.15) is 0 Å². The Bertz CT molecular complexity index is 1080. The molecular weight excluding hydrogens is 426 g/mol. The molecule has 0 aliphatic carbocycles. The number of nitrogens with one attached hydrogen (secondary N) is 2. The summed E-state index contributed by atoms with van der Waals surface area (Å²) in [5.74, 6) is 1.24. The first-order chi connectivity index (χ1) is 15.4. The Hall–Kier alpha value is -3.33. The molecule has 8 nitrogen and oxygen atoms in total. The third-order valence-electron chi connectivity index (χ3n) is 4.77. The van der Waals surface area contributed by atoms with Crippen molar-refractivity contribution in [2.45, 2.75) is 32.0 Å². The maximum absolute atomic E-state index is 12.6. The van der Waals surface area contributed by atoms with Gasteiger partial charge in [-0.25, -0.2) is 0 Å². The Kier molecular flexibility index (Phi) is 7.88. The predicted octanol–water partition coefficient (Wildman–Crippen LogP) is 3.74. The van der Waals surface area contributed by atoms with Crippen LogP contribution in [0.5, 0.6) is 5.75 Å². The molecule has 2 N–H and O–H groups in total. The summed E-state index contributed by atoms with van der Waals surface area (Å²) in [6.45, 7) is 6.27. The Balaban J connectivity index is 1.55. The number of hydrogen-bond acceptors (Lipinski definition) is 6. The maximum Gasteiger partial charge on any atom is 0.252 e. The lowest BCUT2D eigenvalue weighted by Crippen LogP contribution is -2.29. The minimum absolute atomic E-state index is 0.149. The molecule has 1 unspecified atom stereocenters. The van der Waals surface area contributed by atoms with Gasteiger partial charge in [-0.15, -0.1) is 10.2 Å². The first-order valence-electron chi connectivity index (χ1n) is 10.3. The minimum Gasteiger partial charge on any atom is -0.494 e. The molecule has 1 aromatic heterocycles. The van der Waals surface area contributed by atoms with Crippen LogP contribution in [0.1, 0.15) is 41.6 Å². The molecule has 9 heteroatoms. The van der Waals surface area contributed by atoms with Gasteiger partial charge in [-0.3, -0.25) is 9.59 Å². The van der Waals surface area contributed by atoms with Crippen molar-refractivity contribution in [2.75, 3.05) is 17.7 Å². The fourth-order valence-electron chi connectivity index (χ4n) is 3.12. The smallest absolute Gasteiger partial charge is 0.252 e. The molecule has 0 aliphatic rings. The normalized spacial score (nSPS) is 11.6. The van der Waals surface area contributed by atoms with Gasteiger partial charge in [-0.1, -0.05) is 30.0 Å². The fourth-order valence-corrected chi connectivity index (χ4v) is 3.84. The highest BCUT2D eigenvalue weighted by molar-refractivity contribution is 7.99. The minimum atomic E-state index is -0.341. The molecule has 2 amide bonds. The Morgan fingerprint density at radius 3 is 2.53 bits per heavy atom. The van der Waals surface area contributed by atoms with Crippen molar-refractivity contribution < 1.29 is 14.3 Å². The Morgan fingerprint density at radius 2 is 1.84 bits per heavy atom. The van der Waals surface area contributed by atoms with E-state index >= 15 is 0 Å². The van der Waals surface area contributed by atoms with E-state index in [0.717, 1.165) is 11.3 Å². The molecule has 0 saturated carbocycles. The van der Waals surface area contributed by atoms with Gasteiger partial charge in [0.2, 0.25) is 5.91 Å². The Morgan fingerprint density at radius 1 is 1.12 bits per heavy atom. The number of anilines is 1. The van der Waals surface area contributed by atoms with Crippen LogP contribution in [-0.2, 0) is 11.8 Å². The van der Waals surface area contributed by atoms with Crippen molar-refractivity contribution in [2.24, 2.45) is 7.05 Å². The van der Waals surface area contributed by atoms with Crippen LogP contribution in [0.4, 0.5) is 5.69 Å². The second kappa shape index (κ2) is 10.8. The lowest BCUT2D eigenvalue weighted by atomic mass is 10.1. The van der Waals surface area contributed by atoms with Gasteiger partial charge in [0, 0.05) is 18.3 Å². The van der Waals surface area contributed by atoms with E-state index in [9.17, 15) is 9.59 Å². The lowest BCUT2D eigenvalue weighted by molar-refractivity contribution is -0.113. The highest BCUT2D eigenvalue weighted by Crippen LogP contribution is 2.21. The molecule has 0 fully saturated rings. The number of thioether (sulfide) groups is 1. The average molecular weight is 454 g/mol. The quantitative estimate of drug-likeness (QED) is 0.479. The number of rotatable bonds is 9. The third-order valence-corrected chi connectivity index (χ3v) is 5.79. The van der Waals surface area contributed by atoms with Crippen molar-refractivity contribution in [3.63, 3.8) is 0 Å². The molecular formula is C23H27N5O3S. The predicted molar refractivity (Wildman–Crippen MR) is 125 cm³/mol. The van der Waals surface area contributed by atoms with E-state index < -0.39 is 0 Å². The molecule has 3 rings (SSSR count). The highest BCUT2D eigenvalue weighted by Gasteiger charge is 2.19. The van der Waals surface area contributed by atoms with Gasteiger partial charge in [-0.05, 0) is 56.7 Å². The van der Waals surface area contributed by atoms with Crippen molar-refractivity contribution in [3.8, 4) is 5.75 Å². The Labute approximate surface area is 191 Å². The maximum atomic E-state index is 12.6. The van der Waals surface area contributed by atoms with Gasteiger partial charge < -0.3 is 19.9 Å². The number of ether oxygens (including phenoxy) is 1. The molecule has 2 aromatic carbocycles. The van der Waals surface area contributed by atoms with E-state index in [1.54, 1.807) is 22.8 Å². The van der Waals surface area contributed by atoms with E-state index in [0.29, 0.717) is 28.8 Å². The number of benzene rings is 2. The van der Waals surface area contributed by atoms with Gasteiger partial charge >= 0.3 is 0 Å². The van der Waals surface area contributed by atoms with Crippen molar-refractivity contribution >= 4 is 29.3 Å². The molecule has 3 aromatic rings. The van der Waals surface area contributed by atoms with Gasteiger partial charge in [0.1, 0.15) is 5.75 Å². The van der Waals surface area contributed by atoms with Crippen molar-refractivity contribution in [3.05, 3.63) is 65.5 Å². The zero-order valence-corrected chi connectivity index (χ0v) is 19.4. The third kappa shape index (κ3) is 5.88. The second-order valence-corrected chi connectivity index (χ2v) is 8.15. The topological polar surface area (TPSA) is 98.1 Å². The van der Waals surface area contributed by atoms with Crippen LogP contribution < -0.4 is 15.4 Å². The number of hydrogen-bond donors (Lipinski definition) is 2. The standard InChI is InChI=1S/C23H27N5O3S/c1-5-31-18-12-10-17(11-13-18)25-20(29)14-32-23-27-26-21(28(23)4)16(3)24-22(30)19-9-7-6-8-15(19)2/h6-13,16H,5,14H2,1-4H3,(H,24,30)(H,25,29). The summed E-state index contributed by atoms with van der Waals surface area (Å²) in [6.07, 6.45) is 0. The fraction of sp³-hybridized carbons (Fsp3) is 0.304. The molecule has 0 saturated heterocycles. The summed E-state index contributed by atoms with van der Waals surface area (Å²) >= 11 is 1.28. The zero-order chi connectivity index (χ0) is 23.1. The SMILES string of the molecule is CCOc1ccc(NC(=O)CSc2nnc(C(C)NC(=O)c3ccccc3C)n2C)cc1. The molecule has 0 aliphatic heterocycles. The van der Waals surface area contributed by atoms with Crippen LogP contribution in [0.2, 0.25) is 0 Å². The lowest BCUT2D eigenvalue weighted by Gasteiger charge is -2.14. The molecule has 32 heavy (non-hydrogen) atoms. The number of nitrogens with zero attached hydrogens (tertiary/aromatic N) is 3. The molecule has 1 heterocycles. The van der Waals surface area contributed by atoms with Gasteiger partial charge in [0.15, 0.2) is 11.0 Å². The summed E-state index contributed by atoms with van der Waals surface area (Å²) in [5.41, 5.74) is 2.23. The summed E-state index contributed by atoms with van der Waals surface area (Å²) in [6, 6.07) is 14.3. The summed E-state index contributed by atoms with van der Waals surface area (Å²) < 4.78 is 7.19. The molecule has 0 radical (unpaired) electrons. The van der Waals surface area contributed by atoms with Crippen LogP contribution in [0.25, 0.3) is 0 Å². The van der Waals surface area contributed by atoms with Gasteiger partial charge in [0.05, 0.1) is 18.4 Å². The zero-order valence-electron chi connectivity index (χ0n) is 18.6. The average Bonchev–Trinajstić information content (AvgIpc) is 3.14. The first-order valence-corrected chi connectivity index (χ1v) is 11.3. The summed E-state index contributed by atoms with van der Waals surface area (Å²) in [7, 11) is 1.82. The second-order valence-electron chi connectivity index (χ2n) is 7.20. The van der Waals surface area contributed by atoms with Crippen LogP contribution in [0.15, 0.2) is 53.7 Å². The van der Waals surface area contributed by atoms with Crippen LogP contribution >= 0.6 is 11.8 Å². The van der Waals surface area contributed by atoms with E-state index in [-0.39, 0.29) is 23.6 Å². The molecule has 168 valence electrons. The number of aromatic nitrogens is 3. The monoisotopic (exact) mass is 453 g/mol. The molecule has 0 bridgehead atoms. The number of carbonyl (C=O) groups excluding carboxylic acids is 2. The first kappa shape index (κ1) is 23.3.